The van der Waals surface area contributed by atoms with Crippen LogP contribution in [0.25, 0.3) is 11.3 Å². The van der Waals surface area contributed by atoms with E-state index in [0.29, 0.717) is 5.30 Å². The zero-order valence-corrected chi connectivity index (χ0v) is 15.2. The second-order valence-corrected chi connectivity index (χ2v) is 7.94. The van der Waals surface area contributed by atoms with Gasteiger partial charge in [-0.05, 0) is 58.9 Å². The topological polar surface area (TPSA) is 48.4 Å². The Labute approximate surface area is 138 Å². The molecular formula is C18H24NO3P. The summed E-state index contributed by atoms with van der Waals surface area (Å²) in [5.74, 6) is 0. The van der Waals surface area contributed by atoms with E-state index in [0.717, 1.165) is 16.8 Å². The number of hydrogen-bond acceptors (Lipinski definition) is 4. The highest BCUT2D eigenvalue weighted by molar-refractivity contribution is 7.62. The lowest BCUT2D eigenvalue weighted by atomic mass is 10.1. The van der Waals surface area contributed by atoms with Crippen molar-refractivity contribution in [3.05, 3.63) is 48.2 Å². The molecule has 0 bridgehead atoms. The first kappa shape index (κ1) is 17.9. The molecule has 0 aliphatic rings. The number of benzene rings is 1. The van der Waals surface area contributed by atoms with E-state index < -0.39 is 7.60 Å². The third kappa shape index (κ3) is 4.51. The fourth-order valence-corrected chi connectivity index (χ4v) is 4.43. The van der Waals surface area contributed by atoms with E-state index in [-0.39, 0.29) is 12.2 Å². The van der Waals surface area contributed by atoms with Crippen LogP contribution in [-0.4, -0.2) is 17.2 Å². The molecule has 0 radical (unpaired) electrons. The molecular weight excluding hydrogens is 309 g/mol. The molecule has 0 saturated heterocycles. The van der Waals surface area contributed by atoms with Crippen LogP contribution in [0.4, 0.5) is 0 Å². The maximum atomic E-state index is 13.5. The molecule has 0 unspecified atom stereocenters. The molecule has 0 saturated carbocycles. The quantitative estimate of drug-likeness (QED) is 0.717. The Bertz CT molecular complexity index is 685. The van der Waals surface area contributed by atoms with E-state index in [1.807, 2.05) is 71.0 Å². The molecule has 2 rings (SSSR count). The fraction of sp³-hybridized carbons (Fsp3) is 0.389. The van der Waals surface area contributed by atoms with Gasteiger partial charge >= 0.3 is 7.60 Å². The summed E-state index contributed by atoms with van der Waals surface area (Å²) in [6.45, 7) is 9.40. The summed E-state index contributed by atoms with van der Waals surface area (Å²) in [7, 11) is -3.45. The predicted molar refractivity (Wildman–Crippen MR) is 94.1 cm³/mol. The Hall–Kier alpha value is -1.48. The van der Waals surface area contributed by atoms with Crippen molar-refractivity contribution in [2.75, 3.05) is 0 Å². The van der Waals surface area contributed by atoms with Gasteiger partial charge in [0.1, 0.15) is 0 Å². The SMILES string of the molecule is Cc1ccc(P(=O)(OC(C)C)OC(C)C)c(-c2ccccn2)c1. The van der Waals surface area contributed by atoms with Crippen LogP contribution in [-0.2, 0) is 13.6 Å². The number of aromatic nitrogens is 1. The number of aryl methyl sites for hydroxylation is 1. The highest BCUT2D eigenvalue weighted by Gasteiger charge is 2.33. The van der Waals surface area contributed by atoms with Gasteiger partial charge in [0.15, 0.2) is 0 Å². The van der Waals surface area contributed by atoms with Crippen molar-refractivity contribution in [2.45, 2.75) is 46.8 Å². The Morgan fingerprint density at radius 1 is 1.00 bits per heavy atom. The van der Waals surface area contributed by atoms with Gasteiger partial charge in [-0.2, -0.15) is 0 Å². The Kier molecular flexibility index (Phi) is 5.74. The van der Waals surface area contributed by atoms with Gasteiger partial charge in [0.25, 0.3) is 0 Å². The number of pyridine rings is 1. The third-order valence-corrected chi connectivity index (χ3v) is 5.47. The van der Waals surface area contributed by atoms with Crippen molar-refractivity contribution in [1.29, 1.82) is 0 Å². The van der Waals surface area contributed by atoms with Gasteiger partial charge in [0.05, 0.1) is 23.2 Å². The summed E-state index contributed by atoms with van der Waals surface area (Å²) < 4.78 is 25.0. The Morgan fingerprint density at radius 3 is 2.17 bits per heavy atom. The van der Waals surface area contributed by atoms with Crippen molar-refractivity contribution in [2.24, 2.45) is 0 Å². The molecule has 0 amide bonds. The van der Waals surface area contributed by atoms with Crippen molar-refractivity contribution in [1.82, 2.24) is 4.98 Å². The summed E-state index contributed by atoms with van der Waals surface area (Å²) in [5, 5.41) is 0.559. The summed E-state index contributed by atoms with van der Waals surface area (Å²) >= 11 is 0. The second kappa shape index (κ2) is 7.39. The van der Waals surface area contributed by atoms with E-state index in [1.54, 1.807) is 6.20 Å². The lowest BCUT2D eigenvalue weighted by molar-refractivity contribution is 0.150. The number of hydrogen-bond donors (Lipinski definition) is 0. The smallest absolute Gasteiger partial charge is 0.302 e. The number of nitrogens with zero attached hydrogens (tertiary/aromatic N) is 1. The van der Waals surface area contributed by atoms with E-state index in [1.165, 1.54) is 0 Å². The van der Waals surface area contributed by atoms with Crippen LogP contribution >= 0.6 is 7.60 Å². The Morgan fingerprint density at radius 2 is 1.65 bits per heavy atom. The summed E-state index contributed by atoms with van der Waals surface area (Å²) in [6.07, 6.45) is 1.30. The average Bonchev–Trinajstić information content (AvgIpc) is 2.46. The molecule has 0 fully saturated rings. The van der Waals surface area contributed by atoms with Crippen molar-refractivity contribution < 1.29 is 13.6 Å². The van der Waals surface area contributed by atoms with Gasteiger partial charge in [-0.1, -0.05) is 17.7 Å². The predicted octanol–water partition coefficient (Wildman–Crippen LogP) is 4.73. The lowest BCUT2D eigenvalue weighted by Gasteiger charge is -2.25. The van der Waals surface area contributed by atoms with Gasteiger partial charge < -0.3 is 9.05 Å². The second-order valence-electron chi connectivity index (χ2n) is 6.04. The minimum Gasteiger partial charge on any atom is -0.302 e. The van der Waals surface area contributed by atoms with Crippen molar-refractivity contribution in [3.8, 4) is 11.3 Å². The molecule has 0 atom stereocenters. The molecule has 0 aliphatic heterocycles. The van der Waals surface area contributed by atoms with E-state index in [2.05, 4.69) is 4.98 Å². The molecule has 124 valence electrons. The largest absolute Gasteiger partial charge is 0.362 e. The minimum absolute atomic E-state index is 0.211. The number of rotatable bonds is 6. The maximum Gasteiger partial charge on any atom is 0.362 e. The molecule has 1 heterocycles. The van der Waals surface area contributed by atoms with Crippen LogP contribution < -0.4 is 5.30 Å². The first-order chi connectivity index (χ1) is 10.8. The molecule has 5 heteroatoms. The van der Waals surface area contributed by atoms with Crippen LogP contribution in [0, 0.1) is 6.92 Å². The van der Waals surface area contributed by atoms with E-state index in [9.17, 15) is 4.57 Å². The van der Waals surface area contributed by atoms with E-state index in [4.69, 9.17) is 9.05 Å². The summed E-state index contributed by atoms with van der Waals surface area (Å²) in [6, 6.07) is 11.4. The monoisotopic (exact) mass is 333 g/mol. The summed E-state index contributed by atoms with van der Waals surface area (Å²) in [4.78, 5) is 4.39. The van der Waals surface area contributed by atoms with Crippen LogP contribution in [0.3, 0.4) is 0 Å². The molecule has 0 spiro atoms. The molecule has 4 nitrogen and oxygen atoms in total. The fourth-order valence-electron chi connectivity index (χ4n) is 2.31. The van der Waals surface area contributed by atoms with Crippen LogP contribution in [0.5, 0.6) is 0 Å². The van der Waals surface area contributed by atoms with Crippen LogP contribution in [0.15, 0.2) is 42.6 Å². The van der Waals surface area contributed by atoms with E-state index >= 15 is 0 Å². The van der Waals surface area contributed by atoms with Crippen LogP contribution in [0.1, 0.15) is 33.3 Å². The first-order valence-electron chi connectivity index (χ1n) is 7.81. The summed E-state index contributed by atoms with van der Waals surface area (Å²) in [5.41, 5.74) is 2.61. The molecule has 2 aromatic rings. The van der Waals surface area contributed by atoms with Crippen LogP contribution in [0.2, 0.25) is 0 Å². The van der Waals surface area contributed by atoms with Crippen molar-refractivity contribution in [3.63, 3.8) is 0 Å². The normalized spacial score (nSPS) is 12.1. The zero-order chi connectivity index (χ0) is 17.0. The molecule has 23 heavy (non-hydrogen) atoms. The van der Waals surface area contributed by atoms with Crippen molar-refractivity contribution >= 4 is 12.9 Å². The van der Waals surface area contributed by atoms with Gasteiger partial charge in [0, 0.05) is 11.8 Å². The van der Waals surface area contributed by atoms with Gasteiger partial charge in [-0.3, -0.25) is 9.55 Å². The maximum absolute atomic E-state index is 13.5. The first-order valence-corrected chi connectivity index (χ1v) is 9.35. The Balaban J connectivity index is 2.62. The highest BCUT2D eigenvalue weighted by Crippen LogP contribution is 2.51. The lowest BCUT2D eigenvalue weighted by Crippen LogP contribution is -2.19. The average molecular weight is 333 g/mol. The van der Waals surface area contributed by atoms with Gasteiger partial charge in [-0.15, -0.1) is 0 Å². The molecule has 0 N–H and O–H groups in total. The zero-order valence-electron chi connectivity index (χ0n) is 14.3. The standard InChI is InChI=1S/C18H24NO3P/c1-13(2)21-23(20,22-14(3)4)18-10-9-15(5)12-16(18)17-8-6-7-11-19-17/h6-14H,1-5H3. The third-order valence-electron chi connectivity index (χ3n) is 3.09. The van der Waals surface area contributed by atoms with Gasteiger partial charge in [-0.25, -0.2) is 0 Å². The van der Waals surface area contributed by atoms with Gasteiger partial charge in [0.2, 0.25) is 0 Å². The molecule has 1 aromatic carbocycles. The molecule has 1 aromatic heterocycles. The minimum atomic E-state index is -3.45. The molecule has 0 aliphatic carbocycles. The highest BCUT2D eigenvalue weighted by atomic mass is 31.2.